The van der Waals surface area contributed by atoms with E-state index >= 15 is 0 Å². The molecule has 1 fully saturated rings. The smallest absolute Gasteiger partial charge is 0.128 e. The number of aryl methyl sites for hydroxylation is 1. The van der Waals surface area contributed by atoms with Crippen molar-refractivity contribution in [3.05, 3.63) is 41.9 Å². The average molecular weight is 267 g/mol. The molecule has 3 rings (SSSR count). The third-order valence-corrected chi connectivity index (χ3v) is 3.71. The molecule has 0 spiro atoms. The lowest BCUT2D eigenvalue weighted by Gasteiger charge is -2.25. The summed E-state index contributed by atoms with van der Waals surface area (Å²) >= 11 is 0. The van der Waals surface area contributed by atoms with E-state index in [1.807, 2.05) is 23.0 Å². The Kier molecular flexibility index (Phi) is 3.38. The summed E-state index contributed by atoms with van der Waals surface area (Å²) in [7, 11) is 0. The highest BCUT2D eigenvalue weighted by molar-refractivity contribution is 5.43. The maximum Gasteiger partial charge on any atom is 0.128 e. The Morgan fingerprint density at radius 3 is 2.95 bits per heavy atom. The molecule has 1 aliphatic rings. The van der Waals surface area contributed by atoms with Gasteiger partial charge in [0.1, 0.15) is 11.9 Å². The first-order valence-electron chi connectivity index (χ1n) is 6.88. The summed E-state index contributed by atoms with van der Waals surface area (Å²) in [6.07, 6.45) is 7.93. The predicted octanol–water partition coefficient (Wildman–Crippen LogP) is 2.13. The molecule has 1 atom stereocenters. The fourth-order valence-electron chi connectivity index (χ4n) is 2.73. The Bertz CT molecular complexity index is 622. The highest BCUT2D eigenvalue weighted by atomic mass is 15.3. The summed E-state index contributed by atoms with van der Waals surface area (Å²) in [6.45, 7) is 3.96. The van der Waals surface area contributed by atoms with Crippen LogP contribution >= 0.6 is 0 Å². The normalized spacial score (nSPS) is 18.2. The molecular formula is C15H17N5. The number of hydrogen-bond donors (Lipinski definition) is 0. The van der Waals surface area contributed by atoms with Gasteiger partial charge in [-0.1, -0.05) is 0 Å². The van der Waals surface area contributed by atoms with E-state index in [4.69, 9.17) is 5.26 Å². The predicted molar refractivity (Wildman–Crippen MR) is 76.3 cm³/mol. The molecule has 102 valence electrons. The average Bonchev–Trinajstić information content (AvgIpc) is 3.09. The van der Waals surface area contributed by atoms with Gasteiger partial charge in [0.2, 0.25) is 0 Å². The van der Waals surface area contributed by atoms with Gasteiger partial charge in [0.05, 0.1) is 24.3 Å². The van der Waals surface area contributed by atoms with E-state index in [-0.39, 0.29) is 0 Å². The van der Waals surface area contributed by atoms with Crippen LogP contribution in [0.25, 0.3) is 0 Å². The number of anilines is 1. The van der Waals surface area contributed by atoms with Crippen molar-refractivity contribution in [1.82, 2.24) is 14.8 Å². The number of rotatable bonds is 3. The van der Waals surface area contributed by atoms with Gasteiger partial charge in [0.15, 0.2) is 0 Å². The molecule has 0 radical (unpaired) electrons. The minimum Gasteiger partial charge on any atom is -0.352 e. The molecule has 1 saturated heterocycles. The maximum absolute atomic E-state index is 8.83. The minimum atomic E-state index is 0.426. The molecule has 0 bridgehead atoms. The van der Waals surface area contributed by atoms with Gasteiger partial charge >= 0.3 is 0 Å². The van der Waals surface area contributed by atoms with Crippen LogP contribution < -0.4 is 4.90 Å². The number of nitriles is 1. The van der Waals surface area contributed by atoms with E-state index in [1.165, 1.54) is 12.0 Å². The first-order valence-corrected chi connectivity index (χ1v) is 6.88. The molecule has 5 heteroatoms. The van der Waals surface area contributed by atoms with Gasteiger partial charge in [0.25, 0.3) is 0 Å². The maximum atomic E-state index is 8.83. The Balaban J connectivity index is 1.76. The van der Waals surface area contributed by atoms with Crippen LogP contribution in [0.4, 0.5) is 5.82 Å². The highest BCUT2D eigenvalue weighted by Crippen LogP contribution is 2.24. The molecule has 1 aliphatic heterocycles. The molecule has 0 aromatic carbocycles. The third-order valence-electron chi connectivity index (χ3n) is 3.71. The van der Waals surface area contributed by atoms with E-state index in [0.29, 0.717) is 11.6 Å². The zero-order chi connectivity index (χ0) is 13.9. The van der Waals surface area contributed by atoms with E-state index in [0.717, 1.165) is 25.3 Å². The highest BCUT2D eigenvalue weighted by Gasteiger charge is 2.26. The van der Waals surface area contributed by atoms with Crippen LogP contribution in [0.5, 0.6) is 0 Å². The molecule has 0 amide bonds. The van der Waals surface area contributed by atoms with Crippen molar-refractivity contribution in [1.29, 1.82) is 5.26 Å². The molecule has 5 nitrogen and oxygen atoms in total. The zero-order valence-corrected chi connectivity index (χ0v) is 11.5. The van der Waals surface area contributed by atoms with Gasteiger partial charge in [-0.25, -0.2) is 4.98 Å². The van der Waals surface area contributed by atoms with E-state index in [1.54, 1.807) is 6.20 Å². The zero-order valence-electron chi connectivity index (χ0n) is 11.5. The molecule has 3 heterocycles. The number of pyridine rings is 1. The third kappa shape index (κ3) is 2.50. The lowest BCUT2D eigenvalue weighted by molar-refractivity contribution is 0.507. The molecule has 2 aromatic rings. The van der Waals surface area contributed by atoms with Crippen LogP contribution in [0.1, 0.15) is 24.0 Å². The molecule has 0 unspecified atom stereocenters. The minimum absolute atomic E-state index is 0.426. The second-order valence-corrected chi connectivity index (χ2v) is 5.25. The fourth-order valence-corrected chi connectivity index (χ4v) is 2.73. The van der Waals surface area contributed by atoms with Crippen molar-refractivity contribution in [2.24, 2.45) is 0 Å². The molecule has 0 N–H and O–H groups in total. The SMILES string of the molecule is Cc1cnn(C[C@@H]2CCCN2c2ccc(C#N)cn2)c1. The standard InChI is InChI=1S/C15H17N5/c1-12-8-18-19(10-12)11-14-3-2-6-20(14)15-5-4-13(7-16)9-17-15/h4-5,8-10,14H,2-3,6,11H2,1H3/t14-/m0/s1. The second-order valence-electron chi connectivity index (χ2n) is 5.25. The van der Waals surface area contributed by atoms with Crippen molar-refractivity contribution < 1.29 is 0 Å². The molecule has 0 saturated carbocycles. The summed E-state index contributed by atoms with van der Waals surface area (Å²) in [5.41, 5.74) is 1.79. The van der Waals surface area contributed by atoms with Gasteiger partial charge in [-0.3, -0.25) is 4.68 Å². The lowest BCUT2D eigenvalue weighted by Crippen LogP contribution is -2.33. The molecule has 20 heavy (non-hydrogen) atoms. The van der Waals surface area contributed by atoms with Crippen molar-refractivity contribution in [3.8, 4) is 6.07 Å². The lowest BCUT2D eigenvalue weighted by atomic mass is 10.2. The van der Waals surface area contributed by atoms with Crippen LogP contribution in [-0.2, 0) is 6.54 Å². The molecule has 2 aromatic heterocycles. The summed E-state index contributed by atoms with van der Waals surface area (Å²) in [5, 5.41) is 13.2. The first kappa shape index (κ1) is 12.7. The summed E-state index contributed by atoms with van der Waals surface area (Å²) in [6, 6.07) is 6.29. The fraction of sp³-hybridized carbons (Fsp3) is 0.400. The van der Waals surface area contributed by atoms with E-state index < -0.39 is 0 Å². The van der Waals surface area contributed by atoms with Gasteiger partial charge < -0.3 is 4.90 Å². The van der Waals surface area contributed by atoms with Crippen molar-refractivity contribution in [2.75, 3.05) is 11.4 Å². The van der Waals surface area contributed by atoms with Gasteiger partial charge in [-0.05, 0) is 37.5 Å². The monoisotopic (exact) mass is 267 g/mol. The van der Waals surface area contributed by atoms with Gasteiger partial charge in [0, 0.05) is 18.9 Å². The number of hydrogen-bond acceptors (Lipinski definition) is 4. The van der Waals surface area contributed by atoms with Crippen LogP contribution in [-0.4, -0.2) is 27.4 Å². The van der Waals surface area contributed by atoms with Crippen LogP contribution in [0.2, 0.25) is 0 Å². The Hall–Kier alpha value is -2.35. The number of aromatic nitrogens is 3. The first-order chi connectivity index (χ1) is 9.76. The van der Waals surface area contributed by atoms with Crippen molar-refractivity contribution in [2.45, 2.75) is 32.4 Å². The van der Waals surface area contributed by atoms with Crippen LogP contribution in [0.3, 0.4) is 0 Å². The van der Waals surface area contributed by atoms with Crippen LogP contribution in [0, 0.1) is 18.3 Å². The van der Waals surface area contributed by atoms with Gasteiger partial charge in [-0.2, -0.15) is 10.4 Å². The second kappa shape index (κ2) is 5.33. The largest absolute Gasteiger partial charge is 0.352 e. The Labute approximate surface area is 118 Å². The summed E-state index contributed by atoms with van der Waals surface area (Å²) in [4.78, 5) is 6.72. The summed E-state index contributed by atoms with van der Waals surface area (Å²) < 4.78 is 2.00. The summed E-state index contributed by atoms with van der Waals surface area (Å²) in [5.74, 6) is 0.954. The quantitative estimate of drug-likeness (QED) is 0.854. The molecule has 0 aliphatic carbocycles. The number of nitrogens with zero attached hydrogens (tertiary/aromatic N) is 5. The van der Waals surface area contributed by atoms with Crippen LogP contribution in [0.15, 0.2) is 30.7 Å². The van der Waals surface area contributed by atoms with Crippen molar-refractivity contribution >= 4 is 5.82 Å². The van der Waals surface area contributed by atoms with E-state index in [2.05, 4.69) is 34.2 Å². The Morgan fingerprint density at radius 2 is 2.30 bits per heavy atom. The Morgan fingerprint density at radius 1 is 1.40 bits per heavy atom. The van der Waals surface area contributed by atoms with Gasteiger partial charge in [-0.15, -0.1) is 0 Å². The van der Waals surface area contributed by atoms with E-state index in [9.17, 15) is 0 Å². The van der Waals surface area contributed by atoms with Crippen molar-refractivity contribution in [3.63, 3.8) is 0 Å². The topological polar surface area (TPSA) is 57.7 Å². The molecular weight excluding hydrogens is 250 g/mol.